The van der Waals surface area contributed by atoms with Crippen molar-refractivity contribution in [2.24, 2.45) is 0 Å². The summed E-state index contributed by atoms with van der Waals surface area (Å²) in [7, 11) is 0. The molecule has 1 heterocycles. The molecule has 1 N–H and O–H groups in total. The highest BCUT2D eigenvalue weighted by Gasteiger charge is 2.25. The average molecular weight is 494 g/mol. The van der Waals surface area contributed by atoms with Crippen LogP contribution in [0.15, 0.2) is 66.7 Å². The second-order valence-electron chi connectivity index (χ2n) is 8.52. The first-order valence-corrected chi connectivity index (χ1v) is 12.9. The summed E-state index contributed by atoms with van der Waals surface area (Å²) in [4.78, 5) is 32.6. The largest absolute Gasteiger partial charge is 0.494 e. The second-order valence-corrected chi connectivity index (χ2v) is 9.89. The Morgan fingerprint density at radius 1 is 0.971 bits per heavy atom. The van der Waals surface area contributed by atoms with E-state index < -0.39 is 0 Å². The summed E-state index contributed by atoms with van der Waals surface area (Å²) in [6.45, 7) is 9.57. The van der Waals surface area contributed by atoms with E-state index in [4.69, 9.17) is 4.74 Å². The van der Waals surface area contributed by atoms with Crippen molar-refractivity contribution in [3.05, 3.63) is 82.0 Å². The van der Waals surface area contributed by atoms with Crippen molar-refractivity contribution in [1.29, 1.82) is 0 Å². The molecule has 0 aliphatic carbocycles. The average Bonchev–Trinajstić information content (AvgIpc) is 3.28. The first kappa shape index (κ1) is 26.3. The lowest BCUT2D eigenvalue weighted by Crippen LogP contribution is -2.47. The summed E-state index contributed by atoms with van der Waals surface area (Å²) >= 11 is 1.69. The fraction of sp³-hybridized carbons (Fsp3) is 0.357. The third kappa shape index (κ3) is 7.86. The van der Waals surface area contributed by atoms with Crippen LogP contribution in [-0.2, 0) is 17.9 Å². The number of aryl methyl sites for hydroxylation is 1. The molecule has 0 fully saturated rings. The van der Waals surface area contributed by atoms with Gasteiger partial charge in [0, 0.05) is 28.0 Å². The fourth-order valence-corrected chi connectivity index (χ4v) is 4.59. The molecule has 0 saturated carbocycles. The van der Waals surface area contributed by atoms with Gasteiger partial charge in [0.1, 0.15) is 12.3 Å². The van der Waals surface area contributed by atoms with Gasteiger partial charge in [-0.1, -0.05) is 37.3 Å². The van der Waals surface area contributed by atoms with Crippen molar-refractivity contribution in [2.45, 2.75) is 53.2 Å². The molecule has 7 heteroatoms. The lowest BCUT2D eigenvalue weighted by molar-refractivity contribution is -0.133. The number of thiophene rings is 1. The first-order valence-electron chi connectivity index (χ1n) is 12.1. The Morgan fingerprint density at radius 2 is 1.69 bits per heavy atom. The summed E-state index contributed by atoms with van der Waals surface area (Å²) in [5.74, 6) is 0.668. The predicted molar refractivity (Wildman–Crippen MR) is 143 cm³/mol. The fourth-order valence-electron chi connectivity index (χ4n) is 3.68. The Bertz CT molecular complexity index is 1080. The van der Waals surface area contributed by atoms with Crippen LogP contribution in [0.25, 0.3) is 0 Å². The van der Waals surface area contributed by atoms with Crippen LogP contribution in [0.4, 0.5) is 10.5 Å². The number of ether oxygens (including phenoxy) is 1. The van der Waals surface area contributed by atoms with E-state index in [0.29, 0.717) is 25.4 Å². The maximum atomic E-state index is 13.6. The highest BCUT2D eigenvalue weighted by atomic mass is 32.1. The van der Waals surface area contributed by atoms with Crippen LogP contribution in [0.3, 0.4) is 0 Å². The zero-order valence-electron chi connectivity index (χ0n) is 21.0. The van der Waals surface area contributed by atoms with Crippen LogP contribution in [0.1, 0.15) is 42.5 Å². The minimum Gasteiger partial charge on any atom is -0.494 e. The molecule has 186 valence electrons. The molecule has 1 aromatic heterocycles. The molecule has 35 heavy (non-hydrogen) atoms. The standard InChI is InChI=1S/C28H35N3O3S/c1-5-21(3)31(28(33)29-24-13-15-25(16-14-24)34-6-2)20-27(32)30(18-23-10-8-7-9-11-23)19-26-17-12-22(4)35-26/h7-17,21H,5-6,18-20H2,1-4H3,(H,29,33). The molecule has 1 unspecified atom stereocenters. The van der Waals surface area contributed by atoms with E-state index >= 15 is 0 Å². The minimum absolute atomic E-state index is 0.00899. The number of hydrogen-bond acceptors (Lipinski definition) is 4. The maximum Gasteiger partial charge on any atom is 0.322 e. The van der Waals surface area contributed by atoms with Gasteiger partial charge >= 0.3 is 6.03 Å². The molecular formula is C28H35N3O3S. The third-order valence-corrected chi connectivity index (χ3v) is 6.80. The van der Waals surface area contributed by atoms with Gasteiger partial charge in [-0.15, -0.1) is 11.3 Å². The van der Waals surface area contributed by atoms with Gasteiger partial charge in [0.2, 0.25) is 5.91 Å². The van der Waals surface area contributed by atoms with Crippen LogP contribution < -0.4 is 10.1 Å². The number of nitrogens with zero attached hydrogens (tertiary/aromatic N) is 2. The van der Waals surface area contributed by atoms with Crippen molar-refractivity contribution in [3.8, 4) is 5.75 Å². The van der Waals surface area contributed by atoms with E-state index in [1.54, 1.807) is 28.4 Å². The second kappa shape index (κ2) is 13.0. The van der Waals surface area contributed by atoms with Crippen molar-refractivity contribution in [3.63, 3.8) is 0 Å². The SMILES string of the molecule is CCOc1ccc(NC(=O)N(CC(=O)N(Cc2ccccc2)Cc2ccc(C)s2)C(C)CC)cc1. The van der Waals surface area contributed by atoms with Crippen LogP contribution in [0.2, 0.25) is 0 Å². The third-order valence-electron chi connectivity index (χ3n) is 5.82. The lowest BCUT2D eigenvalue weighted by Gasteiger charge is -2.31. The molecule has 0 aliphatic rings. The van der Waals surface area contributed by atoms with Crippen LogP contribution in [0.5, 0.6) is 5.75 Å². The van der Waals surface area contributed by atoms with Gasteiger partial charge < -0.3 is 19.9 Å². The van der Waals surface area contributed by atoms with Crippen molar-refractivity contribution in [1.82, 2.24) is 9.80 Å². The van der Waals surface area contributed by atoms with Gasteiger partial charge in [0.05, 0.1) is 13.2 Å². The molecule has 0 saturated heterocycles. The van der Waals surface area contributed by atoms with Crippen LogP contribution >= 0.6 is 11.3 Å². The van der Waals surface area contributed by atoms with E-state index in [1.165, 1.54) is 4.88 Å². The summed E-state index contributed by atoms with van der Waals surface area (Å²) in [5.41, 5.74) is 1.72. The number of carbonyl (C=O) groups excluding carboxylic acids is 2. The summed E-state index contributed by atoms with van der Waals surface area (Å²) in [5, 5.41) is 2.94. The van der Waals surface area contributed by atoms with E-state index in [-0.39, 0.29) is 24.5 Å². The van der Waals surface area contributed by atoms with Crippen molar-refractivity contribution in [2.75, 3.05) is 18.5 Å². The Balaban J connectivity index is 1.75. The Hall–Kier alpha value is -3.32. The maximum absolute atomic E-state index is 13.6. The van der Waals surface area contributed by atoms with Gasteiger partial charge in [0.15, 0.2) is 0 Å². The normalized spacial score (nSPS) is 11.5. The Kier molecular flexibility index (Phi) is 9.73. The monoisotopic (exact) mass is 493 g/mol. The number of hydrogen-bond donors (Lipinski definition) is 1. The Morgan fingerprint density at radius 3 is 2.29 bits per heavy atom. The summed E-state index contributed by atoms with van der Waals surface area (Å²) in [6.07, 6.45) is 0.743. The zero-order chi connectivity index (χ0) is 25.2. The number of anilines is 1. The number of amides is 3. The van der Waals surface area contributed by atoms with E-state index in [9.17, 15) is 9.59 Å². The molecule has 0 aliphatic heterocycles. The number of urea groups is 1. The summed E-state index contributed by atoms with van der Waals surface area (Å²) in [6, 6.07) is 21.0. The molecular weight excluding hydrogens is 458 g/mol. The highest BCUT2D eigenvalue weighted by Crippen LogP contribution is 2.20. The molecule has 0 spiro atoms. The first-order chi connectivity index (χ1) is 16.9. The molecule has 2 aromatic carbocycles. The lowest BCUT2D eigenvalue weighted by atomic mass is 10.2. The smallest absolute Gasteiger partial charge is 0.322 e. The molecule has 0 radical (unpaired) electrons. The van der Waals surface area contributed by atoms with Crippen molar-refractivity contribution < 1.29 is 14.3 Å². The molecule has 3 amide bonds. The Labute approximate surface area is 212 Å². The van der Waals surface area contributed by atoms with Gasteiger partial charge in [-0.2, -0.15) is 0 Å². The van der Waals surface area contributed by atoms with Crippen molar-refractivity contribution >= 4 is 29.0 Å². The highest BCUT2D eigenvalue weighted by molar-refractivity contribution is 7.11. The van der Waals surface area contributed by atoms with Gasteiger partial charge in [-0.25, -0.2) is 4.79 Å². The summed E-state index contributed by atoms with van der Waals surface area (Å²) < 4.78 is 5.47. The van der Waals surface area contributed by atoms with Gasteiger partial charge in [-0.3, -0.25) is 4.79 Å². The van der Waals surface area contributed by atoms with E-state index in [2.05, 4.69) is 24.4 Å². The molecule has 3 aromatic rings. The molecule has 0 bridgehead atoms. The molecule has 3 rings (SSSR count). The van der Waals surface area contributed by atoms with Crippen LogP contribution in [0, 0.1) is 6.92 Å². The predicted octanol–water partition coefficient (Wildman–Crippen LogP) is 6.32. The van der Waals surface area contributed by atoms with E-state index in [0.717, 1.165) is 22.6 Å². The van der Waals surface area contributed by atoms with Crippen LogP contribution in [-0.4, -0.2) is 40.9 Å². The minimum atomic E-state index is -0.288. The quantitative estimate of drug-likeness (QED) is 0.340. The zero-order valence-corrected chi connectivity index (χ0v) is 21.8. The van der Waals surface area contributed by atoms with Gasteiger partial charge in [-0.05, 0) is 69.2 Å². The topological polar surface area (TPSA) is 61.9 Å². The number of carbonyl (C=O) groups is 2. The number of rotatable bonds is 11. The van der Waals surface area contributed by atoms with Gasteiger partial charge in [0.25, 0.3) is 0 Å². The number of benzene rings is 2. The molecule has 1 atom stereocenters. The molecule has 6 nitrogen and oxygen atoms in total. The van der Waals surface area contributed by atoms with E-state index in [1.807, 2.05) is 68.1 Å². The number of nitrogens with one attached hydrogen (secondary N) is 1.